The fourth-order valence-electron chi connectivity index (χ4n) is 1.21. The summed E-state index contributed by atoms with van der Waals surface area (Å²) in [5, 5.41) is 0.693. The molecule has 0 aliphatic rings. The van der Waals surface area contributed by atoms with Gasteiger partial charge in [-0.2, -0.15) is 0 Å². The largest absolute Gasteiger partial charge is 0.292 e. The zero-order valence-corrected chi connectivity index (χ0v) is 11.1. The third-order valence-electron chi connectivity index (χ3n) is 1.81. The van der Waals surface area contributed by atoms with Gasteiger partial charge in [0.15, 0.2) is 0 Å². The third kappa shape index (κ3) is 5.24. The van der Waals surface area contributed by atoms with Crippen molar-refractivity contribution in [1.29, 1.82) is 0 Å². The van der Waals surface area contributed by atoms with Gasteiger partial charge < -0.3 is 0 Å². The second-order valence-electron chi connectivity index (χ2n) is 3.02. The average molecular weight is 319 g/mol. The Hall–Kier alpha value is 0.290. The van der Waals surface area contributed by atoms with Crippen molar-refractivity contribution in [2.45, 2.75) is 13.0 Å². The molecule has 0 radical (unpaired) electrons. The Morgan fingerprint density at radius 2 is 2.20 bits per heavy atom. The Morgan fingerprint density at radius 1 is 1.47 bits per heavy atom. The molecule has 1 heterocycles. The van der Waals surface area contributed by atoms with E-state index < -0.39 is 6.43 Å². The zero-order valence-electron chi connectivity index (χ0n) is 7.93. The molecule has 0 N–H and O–H groups in total. The van der Waals surface area contributed by atoms with Crippen LogP contribution in [0.5, 0.6) is 0 Å². The summed E-state index contributed by atoms with van der Waals surface area (Å²) in [6.45, 7) is 0.953. The van der Waals surface area contributed by atoms with Crippen LogP contribution in [0.3, 0.4) is 0 Å². The van der Waals surface area contributed by atoms with E-state index in [1.54, 1.807) is 11.0 Å². The molecule has 86 valence electrons. The first kappa shape index (κ1) is 13.4. The SMILES string of the molecule is FC(F)CN(CCBr)Cc1ccc(Cl)s1. The van der Waals surface area contributed by atoms with E-state index in [9.17, 15) is 8.78 Å². The Morgan fingerprint density at radius 3 is 2.67 bits per heavy atom. The van der Waals surface area contributed by atoms with Crippen molar-refractivity contribution in [2.24, 2.45) is 0 Å². The quantitative estimate of drug-likeness (QED) is 0.720. The van der Waals surface area contributed by atoms with E-state index in [2.05, 4.69) is 15.9 Å². The van der Waals surface area contributed by atoms with Crippen LogP contribution in [0, 0.1) is 0 Å². The zero-order chi connectivity index (χ0) is 11.3. The Labute approximate surface area is 105 Å². The molecule has 0 aromatic carbocycles. The number of nitrogens with zero attached hydrogens (tertiary/aromatic N) is 1. The molecule has 0 aliphatic heterocycles. The first-order chi connectivity index (χ1) is 7.11. The minimum absolute atomic E-state index is 0.193. The van der Waals surface area contributed by atoms with Crippen LogP contribution in [0.4, 0.5) is 8.78 Å². The number of hydrogen-bond donors (Lipinski definition) is 0. The minimum Gasteiger partial charge on any atom is -0.292 e. The molecule has 0 spiro atoms. The minimum atomic E-state index is -2.29. The molecule has 1 aromatic rings. The summed E-state index contributed by atoms with van der Waals surface area (Å²) in [5.74, 6) is 0. The first-order valence-electron chi connectivity index (χ1n) is 4.42. The maximum atomic E-state index is 12.2. The van der Waals surface area contributed by atoms with Crippen LogP contribution in [0.15, 0.2) is 12.1 Å². The number of alkyl halides is 3. The highest BCUT2D eigenvalue weighted by Gasteiger charge is 2.12. The maximum Gasteiger partial charge on any atom is 0.251 e. The smallest absolute Gasteiger partial charge is 0.251 e. The molecule has 1 nitrogen and oxygen atoms in total. The van der Waals surface area contributed by atoms with Crippen molar-refractivity contribution >= 4 is 38.9 Å². The summed E-state index contributed by atoms with van der Waals surface area (Å²) in [7, 11) is 0. The van der Waals surface area contributed by atoms with Gasteiger partial charge >= 0.3 is 0 Å². The number of rotatable bonds is 6. The lowest BCUT2D eigenvalue weighted by atomic mass is 10.4. The molecule has 15 heavy (non-hydrogen) atoms. The summed E-state index contributed by atoms with van der Waals surface area (Å²) < 4.78 is 25.2. The normalized spacial score (nSPS) is 11.6. The van der Waals surface area contributed by atoms with E-state index in [0.29, 0.717) is 22.8 Å². The Kier molecular flexibility index (Phi) is 6.04. The number of halogens is 4. The van der Waals surface area contributed by atoms with E-state index in [4.69, 9.17) is 11.6 Å². The van der Waals surface area contributed by atoms with Gasteiger partial charge in [-0.15, -0.1) is 11.3 Å². The molecule has 1 aromatic heterocycles. The molecule has 1 rings (SSSR count). The molecule has 0 saturated heterocycles. The van der Waals surface area contributed by atoms with E-state index in [1.807, 2.05) is 6.07 Å². The highest BCUT2D eigenvalue weighted by Crippen LogP contribution is 2.22. The van der Waals surface area contributed by atoms with Gasteiger partial charge in [-0.1, -0.05) is 27.5 Å². The lowest BCUT2D eigenvalue weighted by Gasteiger charge is -2.19. The molecular weight excluding hydrogens is 308 g/mol. The topological polar surface area (TPSA) is 3.24 Å². The first-order valence-corrected chi connectivity index (χ1v) is 6.74. The van der Waals surface area contributed by atoms with Crippen LogP contribution in [0.2, 0.25) is 4.34 Å². The third-order valence-corrected chi connectivity index (χ3v) is 3.38. The van der Waals surface area contributed by atoms with Gasteiger partial charge in [0.1, 0.15) is 0 Å². The van der Waals surface area contributed by atoms with E-state index in [0.717, 1.165) is 4.88 Å². The van der Waals surface area contributed by atoms with E-state index >= 15 is 0 Å². The molecule has 6 heteroatoms. The summed E-state index contributed by atoms with van der Waals surface area (Å²) >= 11 is 10.5. The monoisotopic (exact) mass is 317 g/mol. The highest BCUT2D eigenvalue weighted by atomic mass is 79.9. The van der Waals surface area contributed by atoms with Crippen LogP contribution >= 0.6 is 38.9 Å². The second kappa shape index (κ2) is 6.78. The van der Waals surface area contributed by atoms with Crippen molar-refractivity contribution in [1.82, 2.24) is 4.90 Å². The molecular formula is C9H11BrClF2NS. The van der Waals surface area contributed by atoms with Crippen LogP contribution in [0.25, 0.3) is 0 Å². The van der Waals surface area contributed by atoms with Crippen molar-refractivity contribution < 1.29 is 8.78 Å². The van der Waals surface area contributed by atoms with Gasteiger partial charge in [0.25, 0.3) is 6.43 Å². The fourth-order valence-corrected chi connectivity index (χ4v) is 2.84. The molecule has 0 atom stereocenters. The fraction of sp³-hybridized carbons (Fsp3) is 0.556. The second-order valence-corrected chi connectivity index (χ2v) is 5.61. The summed E-state index contributed by atoms with van der Waals surface area (Å²) in [6, 6.07) is 3.66. The molecule has 0 saturated carbocycles. The Balaban J connectivity index is 2.50. The summed E-state index contributed by atoms with van der Waals surface area (Å²) in [4.78, 5) is 2.73. The molecule has 0 bridgehead atoms. The van der Waals surface area contributed by atoms with Crippen LogP contribution < -0.4 is 0 Å². The summed E-state index contributed by atoms with van der Waals surface area (Å²) in [5.41, 5.74) is 0. The van der Waals surface area contributed by atoms with Crippen molar-refractivity contribution in [2.75, 3.05) is 18.4 Å². The van der Waals surface area contributed by atoms with Crippen LogP contribution in [-0.2, 0) is 6.54 Å². The highest BCUT2D eigenvalue weighted by molar-refractivity contribution is 9.09. The van der Waals surface area contributed by atoms with Crippen LogP contribution in [0.1, 0.15) is 4.88 Å². The van der Waals surface area contributed by atoms with Crippen molar-refractivity contribution in [3.8, 4) is 0 Å². The van der Waals surface area contributed by atoms with Gasteiger partial charge in [-0.3, -0.25) is 4.90 Å². The van der Waals surface area contributed by atoms with Crippen molar-refractivity contribution in [3.05, 3.63) is 21.3 Å². The number of hydrogen-bond acceptors (Lipinski definition) is 2. The molecule has 0 unspecified atom stereocenters. The Bertz CT molecular complexity index is 295. The summed E-state index contributed by atoms with van der Waals surface area (Å²) in [6.07, 6.45) is -2.29. The molecule has 0 aliphatic carbocycles. The predicted molar refractivity (Wildman–Crippen MR) is 64.4 cm³/mol. The van der Waals surface area contributed by atoms with Gasteiger partial charge in [-0.25, -0.2) is 8.78 Å². The average Bonchev–Trinajstić information content (AvgIpc) is 2.50. The van der Waals surface area contributed by atoms with E-state index in [1.165, 1.54) is 11.3 Å². The number of thiophene rings is 1. The standard InChI is InChI=1S/C9H11BrClF2NS/c10-3-4-14(6-9(12)13)5-7-1-2-8(11)15-7/h1-2,9H,3-6H2. The lowest BCUT2D eigenvalue weighted by Crippen LogP contribution is -2.29. The van der Waals surface area contributed by atoms with Gasteiger partial charge in [0.2, 0.25) is 0 Å². The lowest BCUT2D eigenvalue weighted by molar-refractivity contribution is 0.0886. The molecule has 0 fully saturated rings. The molecule has 0 amide bonds. The van der Waals surface area contributed by atoms with Crippen molar-refractivity contribution in [3.63, 3.8) is 0 Å². The maximum absolute atomic E-state index is 12.2. The predicted octanol–water partition coefficient (Wildman–Crippen LogP) is 3.86. The van der Waals surface area contributed by atoms with E-state index in [-0.39, 0.29) is 6.54 Å². The van der Waals surface area contributed by atoms with Gasteiger partial charge in [0.05, 0.1) is 10.9 Å². The van der Waals surface area contributed by atoms with Crippen LogP contribution in [-0.4, -0.2) is 29.7 Å². The van der Waals surface area contributed by atoms with Gasteiger partial charge in [0, 0.05) is 23.3 Å². The van der Waals surface area contributed by atoms with Gasteiger partial charge in [-0.05, 0) is 12.1 Å².